The molecule has 1 aliphatic rings. The fourth-order valence-corrected chi connectivity index (χ4v) is 2.14. The topological polar surface area (TPSA) is 86.7 Å². The highest BCUT2D eigenvalue weighted by atomic mass is 32.2. The van der Waals surface area contributed by atoms with Gasteiger partial charge >= 0.3 is 5.97 Å². The molecule has 0 saturated heterocycles. The third-order valence-electron chi connectivity index (χ3n) is 1.81. The molecule has 13 heavy (non-hydrogen) atoms. The highest BCUT2D eigenvalue weighted by molar-refractivity contribution is 7.87. The number of hydrogen-bond donors (Lipinski definition) is 2. The average Bonchev–Trinajstić information content (AvgIpc) is 2.82. The standard InChI is InChI=1S/C6H12N2O4S/c1-7-13(11,12)8(4-6(9)10)5-2-3-5/h5,7H,2-4H2,1H3,(H,9,10). The zero-order chi connectivity index (χ0) is 10.1. The predicted molar refractivity (Wildman–Crippen MR) is 45.3 cm³/mol. The molecule has 0 radical (unpaired) electrons. The number of nitrogens with zero attached hydrogens (tertiary/aromatic N) is 1. The van der Waals surface area contributed by atoms with E-state index in [0.29, 0.717) is 0 Å². The Morgan fingerprint density at radius 3 is 2.46 bits per heavy atom. The smallest absolute Gasteiger partial charge is 0.318 e. The van der Waals surface area contributed by atoms with E-state index in [1.807, 2.05) is 0 Å². The number of rotatable bonds is 5. The molecular weight excluding hydrogens is 196 g/mol. The van der Waals surface area contributed by atoms with Crippen LogP contribution in [0, 0.1) is 0 Å². The maximum absolute atomic E-state index is 11.3. The van der Waals surface area contributed by atoms with Crippen LogP contribution in [0.2, 0.25) is 0 Å². The van der Waals surface area contributed by atoms with Crippen LogP contribution in [-0.4, -0.2) is 43.4 Å². The fourth-order valence-electron chi connectivity index (χ4n) is 1.02. The summed E-state index contributed by atoms with van der Waals surface area (Å²) in [6, 6.07) is -0.131. The molecule has 1 saturated carbocycles. The molecule has 0 unspecified atom stereocenters. The van der Waals surface area contributed by atoms with E-state index in [4.69, 9.17) is 5.11 Å². The van der Waals surface area contributed by atoms with Crippen LogP contribution in [0.1, 0.15) is 12.8 Å². The summed E-state index contributed by atoms with van der Waals surface area (Å²) in [6.07, 6.45) is 1.49. The van der Waals surface area contributed by atoms with E-state index >= 15 is 0 Å². The van der Waals surface area contributed by atoms with Crippen molar-refractivity contribution in [1.82, 2.24) is 9.03 Å². The maximum Gasteiger partial charge on any atom is 0.318 e. The van der Waals surface area contributed by atoms with E-state index in [2.05, 4.69) is 4.72 Å². The Kier molecular flexibility index (Phi) is 2.89. The molecule has 76 valence electrons. The summed E-state index contributed by atoms with van der Waals surface area (Å²) in [5.41, 5.74) is 0. The van der Waals surface area contributed by atoms with Gasteiger partial charge in [-0.3, -0.25) is 4.79 Å². The fraction of sp³-hybridized carbons (Fsp3) is 0.833. The lowest BCUT2D eigenvalue weighted by Crippen LogP contribution is -2.43. The van der Waals surface area contributed by atoms with Crippen molar-refractivity contribution in [2.24, 2.45) is 0 Å². The first kappa shape index (κ1) is 10.4. The van der Waals surface area contributed by atoms with Gasteiger partial charge in [-0.15, -0.1) is 0 Å². The van der Waals surface area contributed by atoms with Crippen molar-refractivity contribution in [3.63, 3.8) is 0 Å². The van der Waals surface area contributed by atoms with Gasteiger partial charge in [0.2, 0.25) is 0 Å². The molecule has 0 atom stereocenters. The number of carboxylic acid groups (broad SMARTS) is 1. The van der Waals surface area contributed by atoms with Crippen molar-refractivity contribution in [2.75, 3.05) is 13.6 Å². The molecule has 1 fully saturated rings. The second kappa shape index (κ2) is 3.60. The van der Waals surface area contributed by atoms with Gasteiger partial charge in [0.25, 0.3) is 10.2 Å². The Bertz CT molecular complexity index is 296. The van der Waals surface area contributed by atoms with Crippen LogP contribution in [0.4, 0.5) is 0 Å². The van der Waals surface area contributed by atoms with E-state index in [-0.39, 0.29) is 6.04 Å². The molecule has 0 amide bonds. The molecule has 2 N–H and O–H groups in total. The first-order chi connectivity index (χ1) is 5.97. The SMILES string of the molecule is CNS(=O)(=O)N(CC(=O)O)C1CC1. The largest absolute Gasteiger partial charge is 0.480 e. The second-order valence-electron chi connectivity index (χ2n) is 2.88. The molecule has 0 heterocycles. The van der Waals surface area contributed by atoms with Gasteiger partial charge in [0.05, 0.1) is 0 Å². The van der Waals surface area contributed by atoms with E-state index in [1.165, 1.54) is 7.05 Å². The van der Waals surface area contributed by atoms with Crippen LogP contribution >= 0.6 is 0 Å². The van der Waals surface area contributed by atoms with Crippen LogP contribution < -0.4 is 4.72 Å². The van der Waals surface area contributed by atoms with Gasteiger partial charge in [0.15, 0.2) is 0 Å². The quantitative estimate of drug-likeness (QED) is 0.606. The van der Waals surface area contributed by atoms with E-state index < -0.39 is 22.7 Å². The van der Waals surface area contributed by atoms with Crippen molar-refractivity contribution in [1.29, 1.82) is 0 Å². The Hall–Kier alpha value is -0.660. The molecule has 0 aromatic carbocycles. The van der Waals surface area contributed by atoms with E-state index in [9.17, 15) is 13.2 Å². The van der Waals surface area contributed by atoms with Crippen LogP contribution in [0.5, 0.6) is 0 Å². The highest BCUT2D eigenvalue weighted by Gasteiger charge is 2.37. The number of carbonyl (C=O) groups is 1. The maximum atomic E-state index is 11.3. The minimum absolute atomic E-state index is 0.131. The third-order valence-corrected chi connectivity index (χ3v) is 3.37. The summed E-state index contributed by atoms with van der Waals surface area (Å²) in [7, 11) is -2.32. The van der Waals surface area contributed by atoms with Gasteiger partial charge in [0, 0.05) is 13.1 Å². The monoisotopic (exact) mass is 208 g/mol. The van der Waals surface area contributed by atoms with E-state index in [1.54, 1.807) is 0 Å². The zero-order valence-electron chi connectivity index (χ0n) is 7.23. The molecule has 0 spiro atoms. The number of hydrogen-bond acceptors (Lipinski definition) is 3. The summed E-state index contributed by atoms with van der Waals surface area (Å²) in [5, 5.41) is 8.49. The summed E-state index contributed by atoms with van der Waals surface area (Å²) in [5.74, 6) is -1.13. The van der Waals surface area contributed by atoms with Gasteiger partial charge in [-0.1, -0.05) is 0 Å². The Balaban J connectivity index is 2.73. The third kappa shape index (κ3) is 2.64. The predicted octanol–water partition coefficient (Wildman–Crippen LogP) is -1.00. The van der Waals surface area contributed by atoms with E-state index in [0.717, 1.165) is 17.1 Å². The summed E-state index contributed by atoms with van der Waals surface area (Å²) in [4.78, 5) is 10.4. The van der Waals surface area contributed by atoms with Gasteiger partial charge < -0.3 is 5.11 Å². The van der Waals surface area contributed by atoms with Gasteiger partial charge in [-0.2, -0.15) is 12.7 Å². The van der Waals surface area contributed by atoms with Gasteiger partial charge in [-0.05, 0) is 12.8 Å². The molecular formula is C6H12N2O4S. The summed E-state index contributed by atoms with van der Waals surface area (Å²) in [6.45, 7) is -0.464. The van der Waals surface area contributed by atoms with Crippen molar-refractivity contribution in [2.45, 2.75) is 18.9 Å². The zero-order valence-corrected chi connectivity index (χ0v) is 8.04. The first-order valence-electron chi connectivity index (χ1n) is 3.89. The Morgan fingerprint density at radius 2 is 2.15 bits per heavy atom. The minimum atomic E-state index is -3.59. The Morgan fingerprint density at radius 1 is 1.62 bits per heavy atom. The lowest BCUT2D eigenvalue weighted by molar-refractivity contribution is -0.137. The molecule has 0 aromatic heterocycles. The van der Waals surface area contributed by atoms with Crippen LogP contribution in [-0.2, 0) is 15.0 Å². The second-order valence-corrected chi connectivity index (χ2v) is 4.71. The molecule has 0 bridgehead atoms. The summed E-state index contributed by atoms with van der Waals surface area (Å²) < 4.78 is 25.6. The molecule has 0 aromatic rings. The number of aliphatic carboxylic acids is 1. The molecule has 1 rings (SSSR count). The van der Waals surface area contributed by atoms with Crippen molar-refractivity contribution in [3.05, 3.63) is 0 Å². The van der Waals surface area contributed by atoms with Gasteiger partial charge in [0.1, 0.15) is 6.54 Å². The molecule has 6 nitrogen and oxygen atoms in total. The van der Waals surface area contributed by atoms with Gasteiger partial charge in [-0.25, -0.2) is 4.72 Å². The van der Waals surface area contributed by atoms with Crippen molar-refractivity contribution >= 4 is 16.2 Å². The van der Waals surface area contributed by atoms with Crippen LogP contribution in [0.3, 0.4) is 0 Å². The van der Waals surface area contributed by atoms with Crippen molar-refractivity contribution in [3.8, 4) is 0 Å². The van der Waals surface area contributed by atoms with Crippen LogP contribution in [0.25, 0.3) is 0 Å². The highest BCUT2D eigenvalue weighted by Crippen LogP contribution is 2.28. The molecule has 1 aliphatic carbocycles. The number of nitrogens with one attached hydrogen (secondary N) is 1. The summed E-state index contributed by atoms with van der Waals surface area (Å²) >= 11 is 0. The van der Waals surface area contributed by atoms with Crippen molar-refractivity contribution < 1.29 is 18.3 Å². The minimum Gasteiger partial charge on any atom is -0.480 e. The lowest BCUT2D eigenvalue weighted by atomic mass is 10.6. The molecule has 0 aliphatic heterocycles. The first-order valence-corrected chi connectivity index (χ1v) is 5.33. The molecule has 7 heteroatoms. The average molecular weight is 208 g/mol. The normalized spacial score (nSPS) is 17.7. The van der Waals surface area contributed by atoms with Crippen LogP contribution in [0.15, 0.2) is 0 Å². The Labute approximate surface area is 76.7 Å². The number of carboxylic acids is 1. The lowest BCUT2D eigenvalue weighted by Gasteiger charge is -2.18.